The van der Waals surface area contributed by atoms with E-state index in [0.29, 0.717) is 18.7 Å². The Bertz CT molecular complexity index is 612. The van der Waals surface area contributed by atoms with E-state index in [-0.39, 0.29) is 5.91 Å². The van der Waals surface area contributed by atoms with E-state index < -0.39 is 0 Å². The van der Waals surface area contributed by atoms with Crippen LogP contribution in [-0.2, 0) is 0 Å². The van der Waals surface area contributed by atoms with Gasteiger partial charge in [-0.15, -0.1) is 24.5 Å². The van der Waals surface area contributed by atoms with Crippen molar-refractivity contribution in [3.8, 4) is 0 Å². The smallest absolute Gasteiger partial charge is 0.254 e. The zero-order chi connectivity index (χ0) is 15.1. The van der Waals surface area contributed by atoms with Crippen molar-refractivity contribution in [2.45, 2.75) is 0 Å². The summed E-state index contributed by atoms with van der Waals surface area (Å²) < 4.78 is 0. The Kier molecular flexibility index (Phi) is 5.29. The van der Waals surface area contributed by atoms with E-state index in [2.05, 4.69) is 23.5 Å². The second-order valence-electron chi connectivity index (χ2n) is 4.33. The van der Waals surface area contributed by atoms with Gasteiger partial charge in [0, 0.05) is 35.9 Å². The predicted molar refractivity (Wildman–Crippen MR) is 88.1 cm³/mol. The van der Waals surface area contributed by atoms with Crippen molar-refractivity contribution in [2.75, 3.05) is 18.4 Å². The molecule has 4 nitrogen and oxygen atoms in total. The summed E-state index contributed by atoms with van der Waals surface area (Å²) in [4.78, 5) is 18.3. The van der Waals surface area contributed by atoms with Crippen molar-refractivity contribution in [3.63, 3.8) is 0 Å². The van der Waals surface area contributed by atoms with Crippen LogP contribution in [0.3, 0.4) is 0 Å². The summed E-state index contributed by atoms with van der Waals surface area (Å²) in [6.45, 7) is 8.35. The number of rotatable bonds is 7. The molecule has 1 amide bonds. The van der Waals surface area contributed by atoms with Crippen molar-refractivity contribution in [2.24, 2.45) is 0 Å². The average molecular weight is 299 g/mol. The first-order chi connectivity index (χ1) is 10.2. The number of benzene rings is 1. The lowest BCUT2D eigenvalue weighted by molar-refractivity contribution is 0.0791. The molecule has 1 N–H and O–H groups in total. The molecule has 1 heterocycles. The number of anilines is 2. The number of aromatic nitrogens is 1. The van der Waals surface area contributed by atoms with E-state index in [0.717, 1.165) is 10.8 Å². The van der Waals surface area contributed by atoms with Gasteiger partial charge in [-0.25, -0.2) is 4.98 Å². The SMILES string of the molecule is C=CCN(CC=C)C(=O)c1cccc(Nc2nccs2)c1. The second kappa shape index (κ2) is 7.40. The maximum Gasteiger partial charge on any atom is 0.254 e. The number of hydrogen-bond acceptors (Lipinski definition) is 4. The summed E-state index contributed by atoms with van der Waals surface area (Å²) in [5.41, 5.74) is 1.47. The van der Waals surface area contributed by atoms with Crippen LogP contribution in [0.25, 0.3) is 0 Å². The molecule has 1 aromatic carbocycles. The molecule has 108 valence electrons. The van der Waals surface area contributed by atoms with E-state index in [9.17, 15) is 4.79 Å². The Balaban J connectivity index is 2.17. The minimum absolute atomic E-state index is 0.0439. The maximum atomic E-state index is 12.5. The number of carbonyl (C=O) groups is 1. The number of nitrogens with zero attached hydrogens (tertiary/aromatic N) is 2. The third-order valence-corrected chi connectivity index (χ3v) is 3.47. The summed E-state index contributed by atoms with van der Waals surface area (Å²) in [6, 6.07) is 7.38. The average Bonchev–Trinajstić information content (AvgIpc) is 2.99. The van der Waals surface area contributed by atoms with Gasteiger partial charge in [-0.1, -0.05) is 18.2 Å². The predicted octanol–water partition coefficient (Wildman–Crippen LogP) is 3.70. The van der Waals surface area contributed by atoms with Crippen molar-refractivity contribution in [1.82, 2.24) is 9.88 Å². The van der Waals surface area contributed by atoms with Crippen LogP contribution in [0.1, 0.15) is 10.4 Å². The minimum Gasteiger partial charge on any atom is -0.332 e. The second-order valence-corrected chi connectivity index (χ2v) is 5.23. The molecular formula is C16H17N3OS. The van der Waals surface area contributed by atoms with Gasteiger partial charge in [0.2, 0.25) is 0 Å². The summed E-state index contributed by atoms with van der Waals surface area (Å²) in [5.74, 6) is -0.0439. The fourth-order valence-electron chi connectivity index (χ4n) is 1.87. The molecule has 0 fully saturated rings. The number of nitrogens with one attached hydrogen (secondary N) is 1. The van der Waals surface area contributed by atoms with Crippen LogP contribution in [0.4, 0.5) is 10.8 Å². The van der Waals surface area contributed by atoms with Gasteiger partial charge >= 0.3 is 0 Å². The summed E-state index contributed by atoms with van der Waals surface area (Å²) in [7, 11) is 0. The normalized spacial score (nSPS) is 9.90. The molecule has 0 radical (unpaired) electrons. The van der Waals surface area contributed by atoms with Gasteiger partial charge in [0.1, 0.15) is 0 Å². The fraction of sp³-hybridized carbons (Fsp3) is 0.125. The zero-order valence-electron chi connectivity index (χ0n) is 11.7. The molecule has 0 aliphatic carbocycles. The van der Waals surface area contributed by atoms with E-state index in [1.54, 1.807) is 29.3 Å². The van der Waals surface area contributed by atoms with Gasteiger partial charge in [0.25, 0.3) is 5.91 Å². The van der Waals surface area contributed by atoms with Crippen molar-refractivity contribution in [1.29, 1.82) is 0 Å². The molecule has 0 saturated heterocycles. The first-order valence-corrected chi connectivity index (χ1v) is 7.40. The third-order valence-electron chi connectivity index (χ3n) is 2.78. The van der Waals surface area contributed by atoms with Gasteiger partial charge in [0.05, 0.1) is 0 Å². The number of amides is 1. The molecule has 21 heavy (non-hydrogen) atoms. The molecule has 0 unspecified atom stereocenters. The van der Waals surface area contributed by atoms with Gasteiger partial charge in [-0.05, 0) is 18.2 Å². The van der Waals surface area contributed by atoms with Crippen LogP contribution in [0, 0.1) is 0 Å². The highest BCUT2D eigenvalue weighted by Crippen LogP contribution is 2.20. The molecule has 0 atom stereocenters. The molecule has 0 bridgehead atoms. The largest absolute Gasteiger partial charge is 0.332 e. The number of hydrogen-bond donors (Lipinski definition) is 1. The van der Waals surface area contributed by atoms with Crippen LogP contribution in [0.2, 0.25) is 0 Å². The van der Waals surface area contributed by atoms with Gasteiger partial charge in [-0.2, -0.15) is 0 Å². The fourth-order valence-corrected chi connectivity index (χ4v) is 2.42. The highest BCUT2D eigenvalue weighted by atomic mass is 32.1. The van der Waals surface area contributed by atoms with Crippen molar-refractivity contribution < 1.29 is 4.79 Å². The highest BCUT2D eigenvalue weighted by Gasteiger charge is 2.13. The summed E-state index contributed by atoms with van der Waals surface area (Å²) >= 11 is 1.51. The van der Waals surface area contributed by atoms with E-state index in [1.165, 1.54) is 11.3 Å². The first kappa shape index (κ1) is 15.0. The molecule has 0 saturated carbocycles. The van der Waals surface area contributed by atoms with Crippen LogP contribution in [0.15, 0.2) is 61.2 Å². The quantitative estimate of drug-likeness (QED) is 0.793. The van der Waals surface area contributed by atoms with Crippen LogP contribution in [0.5, 0.6) is 0 Å². The number of thiazole rings is 1. The Morgan fingerprint density at radius 1 is 1.33 bits per heavy atom. The van der Waals surface area contributed by atoms with Crippen LogP contribution in [-0.4, -0.2) is 28.9 Å². The van der Waals surface area contributed by atoms with Crippen LogP contribution < -0.4 is 5.32 Å². The molecule has 2 aromatic rings. The Hall–Kier alpha value is -2.40. The topological polar surface area (TPSA) is 45.2 Å². The highest BCUT2D eigenvalue weighted by molar-refractivity contribution is 7.13. The molecule has 2 rings (SSSR count). The lowest BCUT2D eigenvalue weighted by Gasteiger charge is -2.19. The van der Waals surface area contributed by atoms with Gasteiger partial charge in [-0.3, -0.25) is 4.79 Å². The van der Waals surface area contributed by atoms with E-state index in [4.69, 9.17) is 0 Å². The third kappa shape index (κ3) is 4.03. The number of carbonyl (C=O) groups excluding carboxylic acids is 1. The molecule has 1 aromatic heterocycles. The Morgan fingerprint density at radius 2 is 2.10 bits per heavy atom. The zero-order valence-corrected chi connectivity index (χ0v) is 12.5. The Morgan fingerprint density at radius 3 is 2.71 bits per heavy atom. The summed E-state index contributed by atoms with van der Waals surface area (Å²) in [5, 5.41) is 5.87. The van der Waals surface area contributed by atoms with Crippen molar-refractivity contribution in [3.05, 3.63) is 66.7 Å². The molecular weight excluding hydrogens is 282 g/mol. The molecule has 0 spiro atoms. The minimum atomic E-state index is -0.0439. The van der Waals surface area contributed by atoms with Crippen molar-refractivity contribution >= 4 is 28.1 Å². The van der Waals surface area contributed by atoms with E-state index >= 15 is 0 Å². The Labute approximate surface area is 128 Å². The van der Waals surface area contributed by atoms with Crippen LogP contribution >= 0.6 is 11.3 Å². The lowest BCUT2D eigenvalue weighted by atomic mass is 10.1. The monoisotopic (exact) mass is 299 g/mol. The molecule has 0 aliphatic heterocycles. The van der Waals surface area contributed by atoms with E-state index in [1.807, 2.05) is 23.6 Å². The standard InChI is InChI=1S/C16H17N3OS/c1-3-9-19(10-4-2)15(20)13-6-5-7-14(12-13)18-16-17-8-11-21-16/h3-8,11-12H,1-2,9-10H2,(H,17,18). The summed E-state index contributed by atoms with van der Waals surface area (Å²) in [6.07, 6.45) is 5.15. The lowest BCUT2D eigenvalue weighted by Crippen LogP contribution is -2.31. The van der Waals surface area contributed by atoms with Gasteiger partial charge < -0.3 is 10.2 Å². The maximum absolute atomic E-state index is 12.5. The first-order valence-electron chi connectivity index (χ1n) is 6.52. The molecule has 0 aliphatic rings. The van der Waals surface area contributed by atoms with Gasteiger partial charge in [0.15, 0.2) is 5.13 Å². The molecule has 5 heteroatoms.